The van der Waals surface area contributed by atoms with Crippen LogP contribution in [0.4, 0.5) is 10.2 Å². The van der Waals surface area contributed by atoms with Crippen LogP contribution >= 0.6 is 23.2 Å². The van der Waals surface area contributed by atoms with Crippen LogP contribution in [-0.2, 0) is 4.79 Å². The van der Waals surface area contributed by atoms with Crippen LogP contribution in [0.15, 0.2) is 18.2 Å². The molecule has 3 N–H and O–H groups in total. The Morgan fingerprint density at radius 2 is 2.04 bits per heavy atom. The predicted octanol–water partition coefficient (Wildman–Crippen LogP) is 4.65. The summed E-state index contributed by atoms with van der Waals surface area (Å²) in [7, 11) is 0. The molecule has 6 nitrogen and oxygen atoms in total. The van der Waals surface area contributed by atoms with E-state index in [1.54, 1.807) is 6.07 Å². The van der Waals surface area contributed by atoms with E-state index in [-0.39, 0.29) is 34.0 Å². The number of carbonyl (C=O) groups is 1. The van der Waals surface area contributed by atoms with E-state index in [4.69, 9.17) is 33.0 Å². The second-order valence-electron chi connectivity index (χ2n) is 5.43. The Balaban J connectivity index is 2.42. The highest BCUT2D eigenvalue weighted by molar-refractivity contribution is 6.38. The number of carboxylic acid groups (broad SMARTS) is 1. The molecule has 1 aromatic carbocycles. The number of nitrogens with zero attached hydrogens (tertiary/aromatic N) is 1. The summed E-state index contributed by atoms with van der Waals surface area (Å²) < 4.78 is 19.5. The van der Waals surface area contributed by atoms with Gasteiger partial charge in [-0.05, 0) is 24.1 Å². The molecule has 1 heterocycles. The normalized spacial score (nSPS) is 10.8. The number of nitrogens with one attached hydrogen (secondary N) is 1. The zero-order chi connectivity index (χ0) is 18.7. The zero-order valence-electron chi connectivity index (χ0n) is 13.3. The minimum atomic E-state index is -1.17. The molecule has 0 bridgehead atoms. The first-order valence-corrected chi connectivity index (χ1v) is 7.97. The molecule has 2 rings (SSSR count). The topological polar surface area (TPSA) is 91.7 Å². The average molecular weight is 389 g/mol. The molecule has 0 amide bonds. The summed E-state index contributed by atoms with van der Waals surface area (Å²) in [4.78, 5) is 14.1. The lowest BCUT2D eigenvalue weighted by molar-refractivity contribution is -0.134. The lowest BCUT2D eigenvalue weighted by Crippen LogP contribution is -2.14. The van der Waals surface area contributed by atoms with Gasteiger partial charge < -0.3 is 20.3 Å². The number of phenolic OH excluding ortho intramolecular Hbond substituents is 1. The SMILES string of the molecule is CC(C)c1cc(Oc2c(Cl)c(F)nc(NCC(=O)O)c2Cl)ccc1O. The largest absolute Gasteiger partial charge is 0.508 e. The van der Waals surface area contributed by atoms with Gasteiger partial charge in [0, 0.05) is 5.56 Å². The second-order valence-corrected chi connectivity index (χ2v) is 6.19. The van der Waals surface area contributed by atoms with Crippen molar-refractivity contribution in [2.75, 3.05) is 11.9 Å². The van der Waals surface area contributed by atoms with Gasteiger partial charge in [-0.3, -0.25) is 4.79 Å². The van der Waals surface area contributed by atoms with Crippen LogP contribution in [0.25, 0.3) is 0 Å². The van der Waals surface area contributed by atoms with Gasteiger partial charge in [-0.15, -0.1) is 0 Å². The number of hydrogen-bond acceptors (Lipinski definition) is 5. The number of benzene rings is 1. The van der Waals surface area contributed by atoms with E-state index in [0.29, 0.717) is 5.56 Å². The molecule has 9 heteroatoms. The third-order valence-corrected chi connectivity index (χ3v) is 3.92. The fourth-order valence-electron chi connectivity index (χ4n) is 2.04. The number of hydrogen-bond donors (Lipinski definition) is 3. The van der Waals surface area contributed by atoms with E-state index in [1.165, 1.54) is 12.1 Å². The number of ether oxygens (including phenoxy) is 1. The number of phenols is 1. The van der Waals surface area contributed by atoms with E-state index in [2.05, 4.69) is 10.3 Å². The van der Waals surface area contributed by atoms with Crippen molar-refractivity contribution < 1.29 is 24.1 Å². The molecule has 2 aromatic rings. The number of rotatable bonds is 6. The minimum Gasteiger partial charge on any atom is -0.508 e. The molecular weight excluding hydrogens is 374 g/mol. The van der Waals surface area contributed by atoms with Crippen molar-refractivity contribution in [1.29, 1.82) is 0 Å². The molecule has 0 spiro atoms. The van der Waals surface area contributed by atoms with Crippen LogP contribution < -0.4 is 10.1 Å². The zero-order valence-corrected chi connectivity index (χ0v) is 14.8. The summed E-state index contributed by atoms with van der Waals surface area (Å²) in [5.41, 5.74) is 0.628. The molecule has 0 aliphatic carbocycles. The van der Waals surface area contributed by atoms with Crippen LogP contribution in [0, 0.1) is 5.95 Å². The number of halogens is 3. The van der Waals surface area contributed by atoms with Gasteiger partial charge in [-0.1, -0.05) is 37.0 Å². The van der Waals surface area contributed by atoms with Gasteiger partial charge in [0.2, 0.25) is 5.95 Å². The van der Waals surface area contributed by atoms with E-state index in [1.807, 2.05) is 13.8 Å². The molecular formula is C16H15Cl2FN2O4. The van der Waals surface area contributed by atoms with Gasteiger partial charge >= 0.3 is 5.97 Å². The fourth-order valence-corrected chi connectivity index (χ4v) is 2.50. The Morgan fingerprint density at radius 1 is 1.36 bits per heavy atom. The Kier molecular flexibility index (Phi) is 5.92. The Hall–Kier alpha value is -2.25. The first-order valence-electron chi connectivity index (χ1n) is 7.21. The molecule has 0 saturated carbocycles. The molecule has 1 aromatic heterocycles. The van der Waals surface area contributed by atoms with Crippen molar-refractivity contribution >= 4 is 35.0 Å². The summed E-state index contributed by atoms with van der Waals surface area (Å²) in [5, 5.41) is 20.3. The molecule has 0 aliphatic heterocycles. The van der Waals surface area contributed by atoms with Crippen molar-refractivity contribution in [3.05, 3.63) is 39.8 Å². The Labute approximate surface area is 153 Å². The van der Waals surface area contributed by atoms with Crippen molar-refractivity contribution in [3.63, 3.8) is 0 Å². The maximum Gasteiger partial charge on any atom is 0.322 e. The minimum absolute atomic E-state index is 0.0245. The number of anilines is 1. The van der Waals surface area contributed by atoms with E-state index >= 15 is 0 Å². The molecule has 0 radical (unpaired) electrons. The van der Waals surface area contributed by atoms with Crippen molar-refractivity contribution in [2.24, 2.45) is 0 Å². The second kappa shape index (κ2) is 7.76. The van der Waals surface area contributed by atoms with E-state index in [0.717, 1.165) is 0 Å². The van der Waals surface area contributed by atoms with Crippen LogP contribution in [0.1, 0.15) is 25.3 Å². The average Bonchev–Trinajstić information content (AvgIpc) is 2.54. The maximum absolute atomic E-state index is 13.9. The summed E-state index contributed by atoms with van der Waals surface area (Å²) in [6.45, 7) is 3.27. The summed E-state index contributed by atoms with van der Waals surface area (Å²) in [5.74, 6) is -2.23. The standard InChI is InChI=1S/C16H15Cl2FN2O4/c1-7(2)9-5-8(3-4-10(9)22)25-14-12(17)15(19)21-16(13(14)18)20-6-11(23)24/h3-5,7,22H,6H2,1-2H3,(H,20,21)(H,23,24). The summed E-state index contributed by atoms with van der Waals surface area (Å²) in [6.07, 6.45) is 0. The number of carboxylic acids is 1. The van der Waals surface area contributed by atoms with Crippen LogP contribution in [0.2, 0.25) is 10.0 Å². The van der Waals surface area contributed by atoms with Crippen molar-refractivity contribution in [1.82, 2.24) is 4.98 Å². The number of pyridine rings is 1. The smallest absolute Gasteiger partial charge is 0.322 e. The number of aliphatic carboxylic acids is 1. The highest BCUT2D eigenvalue weighted by atomic mass is 35.5. The highest BCUT2D eigenvalue weighted by Crippen LogP contribution is 2.42. The molecule has 134 valence electrons. The van der Waals surface area contributed by atoms with Gasteiger partial charge in [0.1, 0.15) is 28.1 Å². The molecule has 0 unspecified atom stereocenters. The van der Waals surface area contributed by atoms with Crippen molar-refractivity contribution in [3.8, 4) is 17.2 Å². The maximum atomic E-state index is 13.9. The quantitative estimate of drug-likeness (QED) is 0.624. The van der Waals surface area contributed by atoms with Gasteiger partial charge in [-0.25, -0.2) is 0 Å². The summed E-state index contributed by atoms with van der Waals surface area (Å²) >= 11 is 12.0. The first kappa shape index (κ1) is 19.1. The van der Waals surface area contributed by atoms with E-state index < -0.39 is 23.5 Å². The van der Waals surface area contributed by atoms with Gasteiger partial charge in [0.25, 0.3) is 0 Å². The molecule has 0 aliphatic rings. The molecule has 25 heavy (non-hydrogen) atoms. The molecule has 0 fully saturated rings. The predicted molar refractivity (Wildman–Crippen MR) is 92.6 cm³/mol. The first-order chi connectivity index (χ1) is 11.7. The van der Waals surface area contributed by atoms with Crippen molar-refractivity contribution in [2.45, 2.75) is 19.8 Å². The lowest BCUT2D eigenvalue weighted by Gasteiger charge is -2.15. The molecule has 0 saturated heterocycles. The van der Waals surface area contributed by atoms with Gasteiger partial charge in [-0.2, -0.15) is 9.37 Å². The van der Waals surface area contributed by atoms with Gasteiger partial charge in [0.05, 0.1) is 0 Å². The Bertz CT molecular complexity index is 815. The highest BCUT2D eigenvalue weighted by Gasteiger charge is 2.21. The number of aromatic nitrogens is 1. The lowest BCUT2D eigenvalue weighted by atomic mass is 10.0. The van der Waals surface area contributed by atoms with Crippen LogP contribution in [0.5, 0.6) is 17.2 Å². The van der Waals surface area contributed by atoms with E-state index in [9.17, 15) is 14.3 Å². The third kappa shape index (κ3) is 4.43. The van der Waals surface area contributed by atoms with Crippen LogP contribution in [-0.4, -0.2) is 27.7 Å². The molecule has 0 atom stereocenters. The Morgan fingerprint density at radius 3 is 2.64 bits per heavy atom. The summed E-state index contributed by atoms with van der Waals surface area (Å²) in [6, 6.07) is 4.49. The van der Waals surface area contributed by atoms with Crippen LogP contribution in [0.3, 0.4) is 0 Å². The monoisotopic (exact) mass is 388 g/mol. The third-order valence-electron chi connectivity index (χ3n) is 3.25. The van der Waals surface area contributed by atoms with Gasteiger partial charge in [0.15, 0.2) is 11.6 Å². The number of aromatic hydroxyl groups is 1. The fraction of sp³-hybridized carbons (Fsp3) is 0.250.